The first-order valence-electron chi connectivity index (χ1n) is 7.37. The van der Waals surface area contributed by atoms with Crippen LogP contribution in [0, 0.1) is 3.57 Å². The molecule has 1 fully saturated rings. The fourth-order valence-corrected chi connectivity index (χ4v) is 3.62. The van der Waals surface area contributed by atoms with Crippen LogP contribution in [0.4, 0.5) is 5.82 Å². The van der Waals surface area contributed by atoms with E-state index in [1.807, 2.05) is 0 Å². The molecule has 0 saturated heterocycles. The maximum absolute atomic E-state index is 4.81. The number of rotatable bonds is 4. The molecule has 1 aliphatic carbocycles. The van der Waals surface area contributed by atoms with Crippen LogP contribution < -0.4 is 5.32 Å². The zero-order valence-electron chi connectivity index (χ0n) is 12.0. The molecule has 1 aliphatic rings. The van der Waals surface area contributed by atoms with Crippen LogP contribution in [-0.2, 0) is 0 Å². The van der Waals surface area contributed by atoms with Gasteiger partial charge in [-0.3, -0.25) is 4.98 Å². The van der Waals surface area contributed by atoms with Crippen molar-refractivity contribution >= 4 is 28.4 Å². The lowest BCUT2D eigenvalue weighted by atomic mass is 10.0. The van der Waals surface area contributed by atoms with E-state index in [1.54, 1.807) is 18.6 Å². The van der Waals surface area contributed by atoms with Crippen molar-refractivity contribution in [2.75, 3.05) is 11.9 Å². The summed E-state index contributed by atoms with van der Waals surface area (Å²) in [6, 6.07) is 0. The van der Waals surface area contributed by atoms with E-state index in [4.69, 9.17) is 4.98 Å². The zero-order chi connectivity index (χ0) is 14.7. The number of anilines is 1. The van der Waals surface area contributed by atoms with Crippen LogP contribution in [-0.4, -0.2) is 26.5 Å². The van der Waals surface area contributed by atoms with E-state index in [0.29, 0.717) is 11.7 Å². The average molecular weight is 395 g/mol. The number of hydrogen-bond acceptors (Lipinski definition) is 5. The molecular weight excluding hydrogens is 377 g/mol. The van der Waals surface area contributed by atoms with E-state index < -0.39 is 0 Å². The van der Waals surface area contributed by atoms with Gasteiger partial charge >= 0.3 is 0 Å². The van der Waals surface area contributed by atoms with E-state index in [-0.39, 0.29) is 0 Å². The molecule has 0 unspecified atom stereocenters. The molecule has 2 heterocycles. The van der Waals surface area contributed by atoms with Gasteiger partial charge in [0.15, 0.2) is 5.82 Å². The average Bonchev–Trinajstić information content (AvgIpc) is 3.04. The van der Waals surface area contributed by atoms with Crippen molar-refractivity contribution in [3.8, 4) is 11.5 Å². The minimum absolute atomic E-state index is 0.549. The second-order valence-corrected chi connectivity index (χ2v) is 6.28. The van der Waals surface area contributed by atoms with Crippen LogP contribution >= 0.6 is 22.6 Å². The van der Waals surface area contributed by atoms with Crippen molar-refractivity contribution in [1.82, 2.24) is 19.9 Å². The minimum atomic E-state index is 0.549. The van der Waals surface area contributed by atoms with Gasteiger partial charge in [0.25, 0.3) is 0 Å². The predicted molar refractivity (Wildman–Crippen MR) is 91.1 cm³/mol. The quantitative estimate of drug-likeness (QED) is 0.802. The molecule has 1 saturated carbocycles. The molecule has 1 N–H and O–H groups in total. The van der Waals surface area contributed by atoms with E-state index in [2.05, 4.69) is 49.8 Å². The summed E-state index contributed by atoms with van der Waals surface area (Å²) in [4.78, 5) is 17.9. The van der Waals surface area contributed by atoms with Crippen LogP contribution in [0.25, 0.3) is 11.5 Å². The Labute approximate surface area is 138 Å². The lowest BCUT2D eigenvalue weighted by Gasteiger charge is -2.15. The van der Waals surface area contributed by atoms with Gasteiger partial charge in [-0.15, -0.1) is 0 Å². The van der Waals surface area contributed by atoms with Gasteiger partial charge in [-0.1, -0.05) is 12.8 Å². The first kappa shape index (κ1) is 14.6. The third kappa shape index (κ3) is 3.14. The fourth-order valence-electron chi connectivity index (χ4n) is 2.75. The first-order valence-corrected chi connectivity index (χ1v) is 8.45. The van der Waals surface area contributed by atoms with Crippen molar-refractivity contribution in [2.45, 2.75) is 38.5 Å². The summed E-state index contributed by atoms with van der Waals surface area (Å²) in [5.41, 5.74) is 1.90. The molecule has 21 heavy (non-hydrogen) atoms. The van der Waals surface area contributed by atoms with Crippen molar-refractivity contribution in [3.63, 3.8) is 0 Å². The van der Waals surface area contributed by atoms with Gasteiger partial charge in [-0.2, -0.15) is 0 Å². The zero-order valence-corrected chi connectivity index (χ0v) is 14.2. The highest BCUT2D eigenvalue weighted by atomic mass is 127. The van der Waals surface area contributed by atoms with E-state index in [9.17, 15) is 0 Å². The molecule has 2 aromatic heterocycles. The van der Waals surface area contributed by atoms with Crippen LogP contribution in [0.15, 0.2) is 18.6 Å². The van der Waals surface area contributed by atoms with E-state index in [0.717, 1.165) is 21.6 Å². The highest BCUT2D eigenvalue weighted by Crippen LogP contribution is 2.37. The normalized spacial score (nSPS) is 15.3. The summed E-state index contributed by atoms with van der Waals surface area (Å²) in [6.45, 7) is 2.92. The minimum Gasteiger partial charge on any atom is -0.369 e. The number of hydrogen-bond donors (Lipinski definition) is 1. The van der Waals surface area contributed by atoms with Crippen LogP contribution in [0.5, 0.6) is 0 Å². The number of halogens is 1. The van der Waals surface area contributed by atoms with Gasteiger partial charge in [0, 0.05) is 24.9 Å². The van der Waals surface area contributed by atoms with Gasteiger partial charge in [-0.25, -0.2) is 15.0 Å². The van der Waals surface area contributed by atoms with Crippen molar-refractivity contribution < 1.29 is 0 Å². The summed E-state index contributed by atoms with van der Waals surface area (Å²) in [5, 5.41) is 3.34. The molecule has 0 spiro atoms. The first-order chi connectivity index (χ1) is 10.3. The molecule has 0 aliphatic heterocycles. The Bertz CT molecular complexity index is 611. The van der Waals surface area contributed by atoms with Gasteiger partial charge < -0.3 is 5.32 Å². The Morgan fingerprint density at radius 2 is 2.05 bits per heavy atom. The Kier molecular flexibility index (Phi) is 4.62. The lowest BCUT2D eigenvalue weighted by molar-refractivity contribution is 0.690. The predicted octanol–water partition coefficient (Wildman–Crippen LogP) is 3.63. The molecule has 3 rings (SSSR count). The van der Waals surface area contributed by atoms with Gasteiger partial charge in [-0.05, 0) is 42.4 Å². The summed E-state index contributed by atoms with van der Waals surface area (Å²) < 4.78 is 1.15. The second-order valence-electron chi connectivity index (χ2n) is 5.20. The standard InChI is InChI=1S/C15H18IN5/c1-2-18-15-12(16)13(10-5-3-4-6-10)20-14(21-15)11-9-17-7-8-19-11/h7-10H,2-6H2,1H3,(H,18,20,21). The Morgan fingerprint density at radius 1 is 1.24 bits per heavy atom. The SMILES string of the molecule is CCNc1nc(-c2cnccn2)nc(C2CCCC2)c1I. The summed E-state index contributed by atoms with van der Waals surface area (Å²) >= 11 is 2.37. The highest BCUT2D eigenvalue weighted by molar-refractivity contribution is 14.1. The third-order valence-corrected chi connectivity index (χ3v) is 4.82. The van der Waals surface area contributed by atoms with Crippen molar-refractivity contribution in [2.24, 2.45) is 0 Å². The summed E-state index contributed by atoms with van der Waals surface area (Å²) in [7, 11) is 0. The third-order valence-electron chi connectivity index (χ3n) is 3.76. The highest BCUT2D eigenvalue weighted by Gasteiger charge is 2.24. The van der Waals surface area contributed by atoms with E-state index >= 15 is 0 Å². The summed E-state index contributed by atoms with van der Waals surface area (Å²) in [5.74, 6) is 2.13. The maximum Gasteiger partial charge on any atom is 0.182 e. The van der Waals surface area contributed by atoms with E-state index in [1.165, 1.54) is 31.4 Å². The molecule has 0 amide bonds. The van der Waals surface area contributed by atoms with Crippen LogP contribution in [0.3, 0.4) is 0 Å². The largest absolute Gasteiger partial charge is 0.369 e. The van der Waals surface area contributed by atoms with Gasteiger partial charge in [0.1, 0.15) is 11.5 Å². The Balaban J connectivity index is 2.08. The lowest BCUT2D eigenvalue weighted by Crippen LogP contribution is -2.10. The molecule has 0 bridgehead atoms. The van der Waals surface area contributed by atoms with Crippen LogP contribution in [0.2, 0.25) is 0 Å². The molecule has 6 heteroatoms. The fraction of sp³-hybridized carbons (Fsp3) is 0.467. The molecule has 0 radical (unpaired) electrons. The Morgan fingerprint density at radius 3 is 2.71 bits per heavy atom. The molecule has 110 valence electrons. The second kappa shape index (κ2) is 6.64. The monoisotopic (exact) mass is 395 g/mol. The summed E-state index contributed by atoms with van der Waals surface area (Å²) in [6.07, 6.45) is 10.1. The van der Waals surface area contributed by atoms with Crippen LogP contribution in [0.1, 0.15) is 44.2 Å². The Hall–Kier alpha value is -1.31. The molecule has 0 atom stereocenters. The van der Waals surface area contributed by atoms with Crippen molar-refractivity contribution in [3.05, 3.63) is 27.9 Å². The topological polar surface area (TPSA) is 63.6 Å². The smallest absolute Gasteiger partial charge is 0.182 e. The number of aromatic nitrogens is 4. The molecule has 5 nitrogen and oxygen atoms in total. The molecule has 2 aromatic rings. The number of nitrogens with one attached hydrogen (secondary N) is 1. The molecular formula is C15H18IN5. The van der Waals surface area contributed by atoms with Gasteiger partial charge in [0.05, 0.1) is 15.5 Å². The molecule has 0 aromatic carbocycles. The maximum atomic E-state index is 4.81. The van der Waals surface area contributed by atoms with Crippen molar-refractivity contribution in [1.29, 1.82) is 0 Å². The van der Waals surface area contributed by atoms with Gasteiger partial charge in [0.2, 0.25) is 0 Å². The number of nitrogens with zero attached hydrogens (tertiary/aromatic N) is 4.